The number of hydrogen-bond acceptors (Lipinski definition) is 7. The van der Waals surface area contributed by atoms with Crippen LogP contribution in [-0.4, -0.2) is 54.4 Å². The van der Waals surface area contributed by atoms with E-state index in [0.717, 1.165) is 36.8 Å². The van der Waals surface area contributed by atoms with Crippen molar-refractivity contribution in [2.45, 2.75) is 44.8 Å². The second-order valence-electron chi connectivity index (χ2n) is 11.6. The van der Waals surface area contributed by atoms with E-state index in [4.69, 9.17) is 14.7 Å². The van der Waals surface area contributed by atoms with Gasteiger partial charge in [0.1, 0.15) is 30.0 Å². The minimum Gasteiger partial charge on any atom is -0.492 e. The van der Waals surface area contributed by atoms with Gasteiger partial charge < -0.3 is 24.8 Å². The van der Waals surface area contributed by atoms with Crippen LogP contribution in [0, 0.1) is 23.2 Å². The lowest BCUT2D eigenvalue weighted by atomic mass is 9.87. The molecule has 2 N–H and O–H groups in total. The summed E-state index contributed by atoms with van der Waals surface area (Å²) in [4.78, 5) is 18.5. The number of carbonyl (C=O) groups is 1. The van der Waals surface area contributed by atoms with Gasteiger partial charge in [0.25, 0.3) is 0 Å². The molecule has 0 bridgehead atoms. The van der Waals surface area contributed by atoms with Crippen molar-refractivity contribution in [3.63, 3.8) is 0 Å². The first kappa shape index (κ1) is 27.5. The first-order valence-electron chi connectivity index (χ1n) is 13.8. The Labute approximate surface area is 235 Å². The molecular weight excluding hydrogens is 504 g/mol. The topological polar surface area (TPSA) is 108 Å². The number of carboxylic acids is 1. The highest BCUT2D eigenvalue weighted by Crippen LogP contribution is 2.46. The third-order valence-electron chi connectivity index (χ3n) is 7.76. The van der Waals surface area contributed by atoms with E-state index in [-0.39, 0.29) is 11.8 Å². The first-order valence-corrected chi connectivity index (χ1v) is 13.8. The third kappa shape index (κ3) is 6.54. The van der Waals surface area contributed by atoms with Gasteiger partial charge in [-0.3, -0.25) is 0 Å². The maximum atomic E-state index is 11.8. The largest absolute Gasteiger partial charge is 0.492 e. The van der Waals surface area contributed by atoms with E-state index in [1.807, 2.05) is 60.7 Å². The molecule has 40 heavy (non-hydrogen) atoms. The standard InChI is InChI=1S/C32H36N4O4/c1-32(2,3)23-7-11-25(12-8-23)40-28(31(37)38)16-21-4-9-24(10-5-21)39-15-14-34-30-26-19-36(20-27(26)30)29-13-6-22(17-33)18-35-29/h4-13,18,26-28,30,34H,14-16,19-20H2,1-3H3,(H,37,38)/t26-,27?,28-,30?/m0/s1. The summed E-state index contributed by atoms with van der Waals surface area (Å²) in [6.07, 6.45) is 0.917. The summed E-state index contributed by atoms with van der Waals surface area (Å²) in [5.41, 5.74) is 2.64. The molecule has 2 heterocycles. The first-order chi connectivity index (χ1) is 19.2. The van der Waals surface area contributed by atoms with Crippen molar-refractivity contribution in [3.05, 3.63) is 83.6 Å². The minimum atomic E-state index is -0.993. The van der Waals surface area contributed by atoms with Crippen LogP contribution in [0.25, 0.3) is 0 Å². The van der Waals surface area contributed by atoms with Crippen LogP contribution >= 0.6 is 0 Å². The van der Waals surface area contributed by atoms with E-state index in [2.05, 4.69) is 42.0 Å². The maximum Gasteiger partial charge on any atom is 0.345 e. The molecule has 1 saturated carbocycles. The number of nitrogens with one attached hydrogen (secondary N) is 1. The number of piperidine rings is 1. The predicted octanol–water partition coefficient (Wildman–Crippen LogP) is 4.43. The summed E-state index contributed by atoms with van der Waals surface area (Å²) in [5.74, 6) is 2.49. The number of fused-ring (bicyclic) bond motifs is 1. The number of hydrogen-bond donors (Lipinski definition) is 2. The van der Waals surface area contributed by atoms with Crippen LogP contribution in [0.1, 0.15) is 37.5 Å². The highest BCUT2D eigenvalue weighted by Gasteiger charge is 2.55. The van der Waals surface area contributed by atoms with Crippen LogP contribution < -0.4 is 19.7 Å². The van der Waals surface area contributed by atoms with Crippen LogP contribution in [0.3, 0.4) is 0 Å². The van der Waals surface area contributed by atoms with Crippen LogP contribution in [0.4, 0.5) is 5.82 Å². The Bertz CT molecular complexity index is 1330. The zero-order valence-electron chi connectivity index (χ0n) is 23.2. The summed E-state index contributed by atoms with van der Waals surface area (Å²) in [6, 6.07) is 21.5. The van der Waals surface area contributed by atoms with Crippen molar-refractivity contribution >= 4 is 11.8 Å². The van der Waals surface area contributed by atoms with Crippen molar-refractivity contribution < 1.29 is 19.4 Å². The van der Waals surface area contributed by atoms with E-state index in [1.165, 1.54) is 5.56 Å². The van der Waals surface area contributed by atoms with Crippen LogP contribution in [0.5, 0.6) is 11.5 Å². The molecule has 0 radical (unpaired) electrons. The van der Waals surface area contributed by atoms with Gasteiger partial charge in [-0.05, 0) is 64.8 Å². The number of aliphatic carboxylic acids is 1. The number of pyridine rings is 1. The highest BCUT2D eigenvalue weighted by atomic mass is 16.5. The smallest absolute Gasteiger partial charge is 0.345 e. The molecule has 2 fully saturated rings. The molecule has 1 aromatic heterocycles. The molecule has 1 aliphatic heterocycles. The molecule has 4 atom stereocenters. The van der Waals surface area contributed by atoms with Gasteiger partial charge in [0.15, 0.2) is 6.10 Å². The summed E-state index contributed by atoms with van der Waals surface area (Å²) >= 11 is 0. The monoisotopic (exact) mass is 540 g/mol. The van der Waals surface area contributed by atoms with Crippen molar-refractivity contribution in [2.75, 3.05) is 31.1 Å². The lowest BCUT2D eigenvalue weighted by Gasteiger charge is -2.21. The average molecular weight is 541 g/mol. The molecule has 8 heteroatoms. The van der Waals surface area contributed by atoms with Crippen molar-refractivity contribution in [1.29, 1.82) is 5.26 Å². The second kappa shape index (κ2) is 11.6. The Hall–Kier alpha value is -4.09. The number of nitriles is 1. The molecular formula is C32H36N4O4. The molecule has 208 valence electrons. The average Bonchev–Trinajstić information content (AvgIpc) is 3.38. The summed E-state index contributed by atoms with van der Waals surface area (Å²) in [5, 5.41) is 22.3. The van der Waals surface area contributed by atoms with Gasteiger partial charge in [-0.15, -0.1) is 0 Å². The number of nitrogens with zero attached hydrogens (tertiary/aromatic N) is 3. The van der Waals surface area contributed by atoms with Gasteiger partial charge in [0, 0.05) is 38.3 Å². The quantitative estimate of drug-likeness (QED) is 0.344. The fourth-order valence-electron chi connectivity index (χ4n) is 5.36. The number of benzene rings is 2. The van der Waals surface area contributed by atoms with Gasteiger partial charge in [0.05, 0.1) is 5.56 Å². The van der Waals surface area contributed by atoms with Gasteiger partial charge in [-0.1, -0.05) is 45.0 Å². The third-order valence-corrected chi connectivity index (χ3v) is 7.76. The summed E-state index contributed by atoms with van der Waals surface area (Å²) in [7, 11) is 0. The Balaban J connectivity index is 1.03. The maximum absolute atomic E-state index is 11.8. The molecule has 0 amide bonds. The molecule has 3 aromatic rings. The molecule has 2 unspecified atom stereocenters. The molecule has 0 spiro atoms. The SMILES string of the molecule is CC(C)(C)c1ccc(O[C@@H](Cc2ccc(OCCNC3C4CN(c5ccc(C#N)cn5)C[C@@H]43)cc2)C(=O)O)cc1. The van der Waals surface area contributed by atoms with Gasteiger partial charge in [-0.25, -0.2) is 9.78 Å². The number of rotatable bonds is 11. The predicted molar refractivity (Wildman–Crippen MR) is 153 cm³/mol. The van der Waals surface area contributed by atoms with Crippen molar-refractivity contribution in [2.24, 2.45) is 11.8 Å². The Kier molecular flexibility index (Phi) is 7.95. The summed E-state index contributed by atoms with van der Waals surface area (Å²) < 4.78 is 11.7. The van der Waals surface area contributed by atoms with Crippen LogP contribution in [0.15, 0.2) is 66.9 Å². The second-order valence-corrected chi connectivity index (χ2v) is 11.6. The Morgan fingerprint density at radius 3 is 2.33 bits per heavy atom. The lowest BCUT2D eigenvalue weighted by Crippen LogP contribution is -2.33. The van der Waals surface area contributed by atoms with E-state index in [9.17, 15) is 9.90 Å². The van der Waals surface area contributed by atoms with E-state index in [0.29, 0.717) is 35.8 Å². The molecule has 5 rings (SSSR count). The number of carboxylic acid groups (broad SMARTS) is 1. The summed E-state index contributed by atoms with van der Waals surface area (Å²) in [6.45, 7) is 9.68. The van der Waals surface area contributed by atoms with Crippen LogP contribution in [0.2, 0.25) is 0 Å². The van der Waals surface area contributed by atoms with Gasteiger partial charge >= 0.3 is 5.97 Å². The number of ether oxygens (including phenoxy) is 2. The van der Waals surface area contributed by atoms with Crippen molar-refractivity contribution in [1.82, 2.24) is 10.3 Å². The number of anilines is 1. The number of aromatic nitrogens is 1. The fraction of sp³-hybridized carbons (Fsp3) is 0.406. The Morgan fingerprint density at radius 1 is 1.07 bits per heavy atom. The Morgan fingerprint density at radius 2 is 1.75 bits per heavy atom. The van der Waals surface area contributed by atoms with Gasteiger partial charge in [-0.2, -0.15) is 5.26 Å². The normalized spacial score (nSPS) is 20.4. The molecule has 2 aliphatic rings. The van der Waals surface area contributed by atoms with E-state index in [1.54, 1.807) is 6.20 Å². The minimum absolute atomic E-state index is 0.0232. The van der Waals surface area contributed by atoms with E-state index < -0.39 is 12.1 Å². The molecule has 1 saturated heterocycles. The van der Waals surface area contributed by atoms with Crippen LogP contribution in [-0.2, 0) is 16.6 Å². The molecule has 8 nitrogen and oxygen atoms in total. The molecule has 2 aromatic carbocycles. The zero-order chi connectivity index (χ0) is 28.3. The van der Waals surface area contributed by atoms with E-state index >= 15 is 0 Å². The zero-order valence-corrected chi connectivity index (χ0v) is 23.2. The fourth-order valence-corrected chi connectivity index (χ4v) is 5.36. The van der Waals surface area contributed by atoms with Crippen molar-refractivity contribution in [3.8, 4) is 17.6 Å². The highest BCUT2D eigenvalue weighted by molar-refractivity contribution is 5.73. The molecule has 1 aliphatic carbocycles. The van der Waals surface area contributed by atoms with Gasteiger partial charge in [0.2, 0.25) is 0 Å². The lowest BCUT2D eigenvalue weighted by molar-refractivity contribution is -0.145.